The predicted octanol–water partition coefficient (Wildman–Crippen LogP) is 2.02. The third kappa shape index (κ3) is 3.61. The maximum atomic E-state index is 11.6. The average Bonchev–Trinajstić information content (AvgIpc) is 2.34. The van der Waals surface area contributed by atoms with Crippen molar-refractivity contribution in [3.63, 3.8) is 0 Å². The Morgan fingerprint density at radius 2 is 2.12 bits per heavy atom. The topological polar surface area (TPSA) is 38.3 Å². The molecule has 1 N–H and O–H groups in total. The molecular formula is C13H15NO2. The third-order valence-electron chi connectivity index (χ3n) is 2.01. The lowest BCUT2D eigenvalue weighted by Crippen LogP contribution is -2.25. The van der Waals surface area contributed by atoms with E-state index in [4.69, 9.17) is 4.74 Å². The summed E-state index contributed by atoms with van der Waals surface area (Å²) in [5.74, 6) is 0.0113. The Balaban J connectivity index is 2.53. The van der Waals surface area contributed by atoms with Gasteiger partial charge in [0.05, 0.1) is 7.11 Å². The van der Waals surface area contributed by atoms with Gasteiger partial charge in [-0.2, -0.15) is 0 Å². The number of carbonyl (C=O) groups is 1. The lowest BCUT2D eigenvalue weighted by atomic mass is 10.2. The smallest absolute Gasteiger partial charge is 0.286 e. The van der Waals surface area contributed by atoms with Gasteiger partial charge in [0.25, 0.3) is 5.91 Å². The van der Waals surface area contributed by atoms with Crippen LogP contribution < -0.4 is 5.32 Å². The van der Waals surface area contributed by atoms with E-state index >= 15 is 0 Å². The highest BCUT2D eigenvalue weighted by atomic mass is 16.5. The van der Waals surface area contributed by atoms with Gasteiger partial charge in [0.15, 0.2) is 5.76 Å². The molecule has 84 valence electrons. The first-order chi connectivity index (χ1) is 7.77. The fourth-order valence-electron chi connectivity index (χ4n) is 1.21. The van der Waals surface area contributed by atoms with E-state index in [2.05, 4.69) is 11.9 Å². The van der Waals surface area contributed by atoms with Crippen molar-refractivity contribution in [2.75, 3.05) is 7.11 Å². The summed E-state index contributed by atoms with van der Waals surface area (Å²) in [6.07, 6.45) is 3.04. The molecular weight excluding hydrogens is 202 g/mol. The Labute approximate surface area is 95.4 Å². The van der Waals surface area contributed by atoms with Gasteiger partial charge in [-0.15, -0.1) is 0 Å². The van der Waals surface area contributed by atoms with Crippen LogP contribution in [0.5, 0.6) is 0 Å². The van der Waals surface area contributed by atoms with Crippen molar-refractivity contribution in [1.82, 2.24) is 5.32 Å². The molecule has 0 atom stereocenters. The normalized spacial score (nSPS) is 10.7. The molecule has 3 heteroatoms. The highest BCUT2D eigenvalue weighted by Crippen LogP contribution is 2.00. The minimum Gasteiger partial charge on any atom is -0.491 e. The first-order valence-corrected chi connectivity index (χ1v) is 4.96. The van der Waals surface area contributed by atoms with Crippen molar-refractivity contribution in [3.05, 3.63) is 60.4 Å². The summed E-state index contributed by atoms with van der Waals surface area (Å²) in [5, 5.41) is 2.75. The van der Waals surface area contributed by atoms with Crippen molar-refractivity contribution in [2.45, 2.75) is 6.54 Å². The molecule has 0 unspecified atom stereocenters. The second-order valence-electron chi connectivity index (χ2n) is 3.14. The first kappa shape index (κ1) is 12.0. The van der Waals surface area contributed by atoms with Gasteiger partial charge < -0.3 is 10.1 Å². The van der Waals surface area contributed by atoms with Crippen molar-refractivity contribution >= 4 is 5.91 Å². The number of hydrogen-bond donors (Lipinski definition) is 1. The molecule has 1 rings (SSSR count). The van der Waals surface area contributed by atoms with Gasteiger partial charge in [0, 0.05) is 6.54 Å². The van der Waals surface area contributed by atoms with Gasteiger partial charge in [0.2, 0.25) is 0 Å². The lowest BCUT2D eigenvalue weighted by molar-refractivity contribution is -0.120. The Morgan fingerprint density at radius 3 is 2.69 bits per heavy atom. The maximum Gasteiger partial charge on any atom is 0.286 e. The standard InChI is InChI=1S/C13H15NO2/c1-3-7-12(16-2)13(15)14-10-11-8-5-4-6-9-11/h3-9H,1,10H2,2H3,(H,14,15). The molecule has 0 aliphatic carbocycles. The van der Waals surface area contributed by atoms with Crippen LogP contribution in [0, 0.1) is 0 Å². The summed E-state index contributed by atoms with van der Waals surface area (Å²) < 4.78 is 4.92. The number of amides is 1. The van der Waals surface area contributed by atoms with E-state index < -0.39 is 0 Å². The minimum atomic E-state index is -0.244. The first-order valence-electron chi connectivity index (χ1n) is 4.96. The summed E-state index contributed by atoms with van der Waals surface area (Å²) in [5.41, 5.74) is 1.05. The lowest BCUT2D eigenvalue weighted by Gasteiger charge is -2.07. The number of allylic oxidation sites excluding steroid dienone is 2. The second kappa shape index (κ2) is 6.45. The summed E-state index contributed by atoms with van der Waals surface area (Å²) in [7, 11) is 1.46. The van der Waals surface area contributed by atoms with E-state index in [1.54, 1.807) is 0 Å². The fourth-order valence-corrected chi connectivity index (χ4v) is 1.21. The Morgan fingerprint density at radius 1 is 1.44 bits per heavy atom. The van der Waals surface area contributed by atoms with E-state index in [9.17, 15) is 4.79 Å². The largest absolute Gasteiger partial charge is 0.491 e. The van der Waals surface area contributed by atoms with Crippen molar-refractivity contribution < 1.29 is 9.53 Å². The van der Waals surface area contributed by atoms with Crippen LogP contribution in [-0.4, -0.2) is 13.0 Å². The minimum absolute atomic E-state index is 0.244. The number of hydrogen-bond acceptors (Lipinski definition) is 2. The quantitative estimate of drug-likeness (QED) is 0.465. The highest BCUT2D eigenvalue weighted by molar-refractivity contribution is 5.91. The van der Waals surface area contributed by atoms with Crippen LogP contribution in [0.2, 0.25) is 0 Å². The number of carbonyl (C=O) groups excluding carboxylic acids is 1. The number of nitrogens with one attached hydrogen (secondary N) is 1. The van der Waals surface area contributed by atoms with Crippen molar-refractivity contribution in [3.8, 4) is 0 Å². The monoisotopic (exact) mass is 217 g/mol. The van der Waals surface area contributed by atoms with E-state index in [0.717, 1.165) is 5.56 Å². The third-order valence-corrected chi connectivity index (χ3v) is 2.01. The van der Waals surface area contributed by atoms with Crippen LogP contribution in [0.3, 0.4) is 0 Å². The maximum absolute atomic E-state index is 11.6. The molecule has 0 spiro atoms. The second-order valence-corrected chi connectivity index (χ2v) is 3.14. The van der Waals surface area contributed by atoms with E-state index in [1.807, 2.05) is 30.3 Å². The zero-order valence-corrected chi connectivity index (χ0v) is 9.27. The molecule has 1 aromatic carbocycles. The molecule has 0 saturated heterocycles. The summed E-state index contributed by atoms with van der Waals surface area (Å²) >= 11 is 0. The van der Waals surface area contributed by atoms with Crippen LogP contribution in [0.4, 0.5) is 0 Å². The van der Waals surface area contributed by atoms with Gasteiger partial charge in [-0.3, -0.25) is 4.79 Å². The van der Waals surface area contributed by atoms with Crippen LogP contribution in [0.15, 0.2) is 54.8 Å². The van der Waals surface area contributed by atoms with Gasteiger partial charge in [0.1, 0.15) is 0 Å². The number of methoxy groups -OCH3 is 1. The number of rotatable bonds is 5. The van der Waals surface area contributed by atoms with Crippen LogP contribution in [0.1, 0.15) is 5.56 Å². The van der Waals surface area contributed by atoms with Crippen molar-refractivity contribution in [2.24, 2.45) is 0 Å². The van der Waals surface area contributed by atoms with E-state index in [0.29, 0.717) is 6.54 Å². The highest BCUT2D eigenvalue weighted by Gasteiger charge is 2.07. The molecule has 3 nitrogen and oxygen atoms in total. The van der Waals surface area contributed by atoms with Gasteiger partial charge >= 0.3 is 0 Å². The number of benzene rings is 1. The molecule has 0 aromatic heterocycles. The molecule has 0 saturated carbocycles. The molecule has 0 bridgehead atoms. The Kier molecular flexibility index (Phi) is 4.86. The van der Waals surface area contributed by atoms with Gasteiger partial charge in [-0.1, -0.05) is 43.0 Å². The summed E-state index contributed by atoms with van der Waals surface area (Å²) in [4.78, 5) is 11.6. The summed E-state index contributed by atoms with van der Waals surface area (Å²) in [6, 6.07) is 9.69. The summed E-state index contributed by atoms with van der Waals surface area (Å²) in [6.45, 7) is 4.00. The van der Waals surface area contributed by atoms with E-state index in [-0.39, 0.29) is 11.7 Å². The van der Waals surface area contributed by atoms with Gasteiger partial charge in [-0.05, 0) is 11.6 Å². The van der Waals surface area contributed by atoms with Crippen LogP contribution in [-0.2, 0) is 16.1 Å². The molecule has 16 heavy (non-hydrogen) atoms. The average molecular weight is 217 g/mol. The SMILES string of the molecule is C=CC=C(OC)C(=O)NCc1ccccc1. The zero-order chi connectivity index (χ0) is 11.8. The molecule has 1 amide bonds. The zero-order valence-electron chi connectivity index (χ0n) is 9.27. The fraction of sp³-hybridized carbons (Fsp3) is 0.154. The number of ether oxygens (including phenoxy) is 1. The Bertz CT molecular complexity index is 382. The molecule has 1 aromatic rings. The van der Waals surface area contributed by atoms with E-state index in [1.165, 1.54) is 19.3 Å². The van der Waals surface area contributed by atoms with Crippen LogP contribution >= 0.6 is 0 Å². The molecule has 0 heterocycles. The predicted molar refractivity (Wildman–Crippen MR) is 63.6 cm³/mol. The van der Waals surface area contributed by atoms with Crippen molar-refractivity contribution in [1.29, 1.82) is 0 Å². The Hall–Kier alpha value is -2.03. The molecule has 0 aliphatic heterocycles. The van der Waals surface area contributed by atoms with Gasteiger partial charge in [-0.25, -0.2) is 0 Å². The molecule has 0 aliphatic rings. The molecule has 0 radical (unpaired) electrons. The van der Waals surface area contributed by atoms with Crippen LogP contribution in [0.25, 0.3) is 0 Å². The molecule has 0 fully saturated rings.